The molecule has 3 aromatic rings. The van der Waals surface area contributed by atoms with Gasteiger partial charge in [0.15, 0.2) is 0 Å². The van der Waals surface area contributed by atoms with Gasteiger partial charge >= 0.3 is 0 Å². The molecule has 0 spiro atoms. The summed E-state index contributed by atoms with van der Waals surface area (Å²) in [4.78, 5) is 0. The predicted octanol–water partition coefficient (Wildman–Crippen LogP) is 4.16. The van der Waals surface area contributed by atoms with Crippen molar-refractivity contribution in [3.8, 4) is 0 Å². The number of hydrogen-bond acceptors (Lipinski definition) is 2. The maximum Gasteiger partial charge on any atom is 0.0718 e. The molecule has 2 heteroatoms. The Hall–Kier alpha value is -1.90. The van der Waals surface area contributed by atoms with Gasteiger partial charge in [-0.05, 0) is 45.3 Å². The minimum atomic E-state index is 0.631. The van der Waals surface area contributed by atoms with E-state index in [9.17, 15) is 0 Å². The quantitative estimate of drug-likeness (QED) is 0.510. The second-order valence-corrected chi connectivity index (χ2v) is 4.93. The first kappa shape index (κ1) is 13.1. The molecule has 3 rings (SSSR count). The first-order valence-electron chi connectivity index (χ1n) is 6.85. The van der Waals surface area contributed by atoms with Crippen molar-refractivity contribution in [1.82, 2.24) is 0 Å². The lowest BCUT2D eigenvalue weighted by Crippen LogP contribution is -2.01. The van der Waals surface area contributed by atoms with Crippen molar-refractivity contribution in [2.24, 2.45) is 0 Å². The minimum absolute atomic E-state index is 0.631. The molecular formula is C18H18O2. The lowest BCUT2D eigenvalue weighted by molar-refractivity contribution is 0.0617. The molecule has 0 atom stereocenters. The standard InChI is InChI=1S/C18H18O2/c1-19-8-9-20-13-14-6-7-17-11-15-4-2-3-5-16(15)12-18(17)10-14/h2-7,10-12H,8-9,13H2,1H3. The summed E-state index contributed by atoms with van der Waals surface area (Å²) in [6, 6.07) is 19.4. The molecule has 20 heavy (non-hydrogen) atoms. The molecule has 0 amide bonds. The fourth-order valence-corrected chi connectivity index (χ4v) is 2.41. The monoisotopic (exact) mass is 266 g/mol. The normalized spacial score (nSPS) is 11.2. The van der Waals surface area contributed by atoms with Crippen LogP contribution in [-0.2, 0) is 16.1 Å². The average Bonchev–Trinajstić information content (AvgIpc) is 2.49. The van der Waals surface area contributed by atoms with Crippen LogP contribution in [0.4, 0.5) is 0 Å². The number of ether oxygens (including phenoxy) is 2. The van der Waals surface area contributed by atoms with E-state index < -0.39 is 0 Å². The van der Waals surface area contributed by atoms with Gasteiger partial charge in [0.2, 0.25) is 0 Å². The third-order valence-electron chi connectivity index (χ3n) is 3.47. The molecule has 0 N–H and O–H groups in total. The summed E-state index contributed by atoms with van der Waals surface area (Å²) in [5, 5.41) is 5.09. The van der Waals surface area contributed by atoms with Crippen LogP contribution < -0.4 is 0 Å². The summed E-state index contributed by atoms with van der Waals surface area (Å²) >= 11 is 0. The van der Waals surface area contributed by atoms with Crippen LogP contribution in [0.25, 0.3) is 21.5 Å². The second-order valence-electron chi connectivity index (χ2n) is 4.93. The molecule has 0 aliphatic rings. The second kappa shape index (κ2) is 6.04. The van der Waals surface area contributed by atoms with Gasteiger partial charge in [0.25, 0.3) is 0 Å². The molecule has 2 nitrogen and oxygen atoms in total. The zero-order valence-electron chi connectivity index (χ0n) is 11.6. The third-order valence-corrected chi connectivity index (χ3v) is 3.47. The van der Waals surface area contributed by atoms with E-state index >= 15 is 0 Å². The number of rotatable bonds is 5. The van der Waals surface area contributed by atoms with Crippen molar-refractivity contribution in [1.29, 1.82) is 0 Å². The van der Waals surface area contributed by atoms with Crippen LogP contribution in [0.1, 0.15) is 5.56 Å². The van der Waals surface area contributed by atoms with Gasteiger partial charge in [-0.3, -0.25) is 0 Å². The molecule has 0 radical (unpaired) electrons. The van der Waals surface area contributed by atoms with Crippen LogP contribution >= 0.6 is 0 Å². The third kappa shape index (κ3) is 2.82. The van der Waals surface area contributed by atoms with Gasteiger partial charge in [0, 0.05) is 7.11 Å². The van der Waals surface area contributed by atoms with Gasteiger partial charge in [0.05, 0.1) is 19.8 Å². The topological polar surface area (TPSA) is 18.5 Å². The highest BCUT2D eigenvalue weighted by molar-refractivity contribution is 5.98. The highest BCUT2D eigenvalue weighted by Gasteiger charge is 2.00. The Morgan fingerprint density at radius 1 is 0.750 bits per heavy atom. The Labute approximate surface area is 118 Å². The number of hydrogen-bond donors (Lipinski definition) is 0. The molecule has 0 aliphatic carbocycles. The Kier molecular flexibility index (Phi) is 3.95. The van der Waals surface area contributed by atoms with Crippen molar-refractivity contribution >= 4 is 21.5 Å². The molecule has 0 aliphatic heterocycles. The summed E-state index contributed by atoms with van der Waals surface area (Å²) in [6.07, 6.45) is 0. The van der Waals surface area contributed by atoms with E-state index in [0.29, 0.717) is 19.8 Å². The number of methoxy groups -OCH3 is 1. The zero-order valence-corrected chi connectivity index (χ0v) is 11.6. The molecule has 0 heterocycles. The lowest BCUT2D eigenvalue weighted by Gasteiger charge is -2.07. The Balaban J connectivity index is 1.88. The van der Waals surface area contributed by atoms with E-state index in [0.717, 1.165) is 0 Å². The molecule has 0 bridgehead atoms. The zero-order chi connectivity index (χ0) is 13.8. The number of fused-ring (bicyclic) bond motifs is 2. The Morgan fingerprint density at radius 2 is 1.45 bits per heavy atom. The van der Waals surface area contributed by atoms with E-state index in [4.69, 9.17) is 9.47 Å². The van der Waals surface area contributed by atoms with Crippen molar-refractivity contribution in [2.45, 2.75) is 6.61 Å². The fourth-order valence-electron chi connectivity index (χ4n) is 2.41. The maximum absolute atomic E-state index is 5.57. The Bertz CT molecular complexity index is 719. The molecule has 0 saturated carbocycles. The molecule has 3 aromatic carbocycles. The van der Waals surface area contributed by atoms with Gasteiger partial charge in [-0.2, -0.15) is 0 Å². The van der Waals surface area contributed by atoms with Crippen LogP contribution in [0, 0.1) is 0 Å². The van der Waals surface area contributed by atoms with Crippen molar-refractivity contribution in [3.05, 3.63) is 60.2 Å². The molecule has 0 saturated heterocycles. The summed E-state index contributed by atoms with van der Waals surface area (Å²) in [6.45, 7) is 1.90. The van der Waals surface area contributed by atoms with Crippen LogP contribution in [0.5, 0.6) is 0 Å². The lowest BCUT2D eigenvalue weighted by atomic mass is 10.0. The van der Waals surface area contributed by atoms with Gasteiger partial charge in [-0.15, -0.1) is 0 Å². The largest absolute Gasteiger partial charge is 0.382 e. The fraction of sp³-hybridized carbons (Fsp3) is 0.222. The molecular weight excluding hydrogens is 248 g/mol. The smallest absolute Gasteiger partial charge is 0.0718 e. The molecule has 0 aromatic heterocycles. The first-order valence-corrected chi connectivity index (χ1v) is 6.85. The van der Waals surface area contributed by atoms with Crippen LogP contribution in [0.3, 0.4) is 0 Å². The molecule has 0 fully saturated rings. The van der Waals surface area contributed by atoms with Crippen LogP contribution in [-0.4, -0.2) is 20.3 Å². The van der Waals surface area contributed by atoms with Crippen molar-refractivity contribution in [3.63, 3.8) is 0 Å². The maximum atomic E-state index is 5.57. The predicted molar refractivity (Wildman–Crippen MR) is 83.0 cm³/mol. The SMILES string of the molecule is COCCOCc1ccc2cc3ccccc3cc2c1. The first-order chi connectivity index (χ1) is 9.86. The van der Waals surface area contributed by atoms with Crippen LogP contribution in [0.15, 0.2) is 54.6 Å². The van der Waals surface area contributed by atoms with Crippen LogP contribution in [0.2, 0.25) is 0 Å². The summed E-state index contributed by atoms with van der Waals surface area (Å²) in [7, 11) is 1.69. The van der Waals surface area contributed by atoms with Gasteiger partial charge in [0.1, 0.15) is 0 Å². The van der Waals surface area contributed by atoms with Crippen molar-refractivity contribution in [2.75, 3.05) is 20.3 Å². The van der Waals surface area contributed by atoms with Gasteiger partial charge in [-0.1, -0.05) is 36.4 Å². The van der Waals surface area contributed by atoms with E-state index in [1.165, 1.54) is 27.1 Å². The highest BCUT2D eigenvalue weighted by atomic mass is 16.5. The summed E-state index contributed by atoms with van der Waals surface area (Å²) in [5.41, 5.74) is 1.20. The van der Waals surface area contributed by atoms with E-state index in [-0.39, 0.29) is 0 Å². The minimum Gasteiger partial charge on any atom is -0.382 e. The summed E-state index contributed by atoms with van der Waals surface area (Å²) in [5.74, 6) is 0. The van der Waals surface area contributed by atoms with Crippen molar-refractivity contribution < 1.29 is 9.47 Å². The van der Waals surface area contributed by atoms with E-state index in [1.54, 1.807) is 7.11 Å². The van der Waals surface area contributed by atoms with E-state index in [1.807, 2.05) is 0 Å². The molecule has 0 unspecified atom stereocenters. The average molecular weight is 266 g/mol. The summed E-state index contributed by atoms with van der Waals surface area (Å²) < 4.78 is 10.5. The number of benzene rings is 3. The Morgan fingerprint density at radius 3 is 2.20 bits per heavy atom. The van der Waals surface area contributed by atoms with E-state index in [2.05, 4.69) is 54.6 Å². The molecule has 102 valence electrons. The van der Waals surface area contributed by atoms with Gasteiger partial charge < -0.3 is 9.47 Å². The van der Waals surface area contributed by atoms with Gasteiger partial charge in [-0.25, -0.2) is 0 Å². The highest BCUT2D eigenvalue weighted by Crippen LogP contribution is 2.23.